The summed E-state index contributed by atoms with van der Waals surface area (Å²) < 4.78 is 16.7. The van der Waals surface area contributed by atoms with Crippen LogP contribution < -0.4 is 0 Å². The molecule has 0 aliphatic rings. The van der Waals surface area contributed by atoms with Gasteiger partial charge in [-0.25, -0.2) is 0 Å². The number of hydrogen-bond acceptors (Lipinski definition) is 6. The van der Waals surface area contributed by atoms with Gasteiger partial charge in [-0.15, -0.1) is 0 Å². The lowest BCUT2D eigenvalue weighted by atomic mass is 10.1. The highest BCUT2D eigenvalue weighted by Gasteiger charge is 2.19. The number of carbonyl (C=O) groups excluding carboxylic acids is 3. The van der Waals surface area contributed by atoms with Gasteiger partial charge in [0.1, 0.15) is 13.2 Å². The number of esters is 3. The van der Waals surface area contributed by atoms with Crippen LogP contribution in [-0.4, -0.2) is 37.2 Å². The van der Waals surface area contributed by atoms with Crippen LogP contribution in [0, 0.1) is 0 Å². The summed E-state index contributed by atoms with van der Waals surface area (Å²) in [5.74, 6) is -1.01. The summed E-state index contributed by atoms with van der Waals surface area (Å²) in [5.41, 5.74) is 0. The molecule has 0 aliphatic carbocycles. The van der Waals surface area contributed by atoms with Gasteiger partial charge in [0.15, 0.2) is 6.10 Å². The molecule has 65 heavy (non-hydrogen) atoms. The molecule has 0 spiro atoms. The maximum atomic E-state index is 12.8. The molecule has 0 bridgehead atoms. The molecule has 0 fully saturated rings. The second kappa shape index (κ2) is 52.9. The smallest absolute Gasteiger partial charge is 0.306 e. The van der Waals surface area contributed by atoms with E-state index < -0.39 is 6.10 Å². The first-order chi connectivity index (χ1) is 32.0. The molecule has 0 saturated heterocycles. The lowest BCUT2D eigenvalue weighted by Gasteiger charge is -2.18. The SMILES string of the molecule is CC/C=C\C/C=C\C/C=C\C/C=C\C/C=C\C/C=C\CCC(=O)OCC(COC(=O)CCCCCCCCCCCC)OC(=O)CCCCCCC/C=C\C=C/CCCCCCCCC. The monoisotopic (exact) mass is 903 g/mol. The van der Waals surface area contributed by atoms with Crippen molar-refractivity contribution in [3.05, 3.63) is 97.2 Å². The van der Waals surface area contributed by atoms with Crippen molar-refractivity contribution in [2.24, 2.45) is 0 Å². The predicted molar refractivity (Wildman–Crippen MR) is 279 cm³/mol. The standard InChI is InChI=1S/C59H98O6/c1-4-7-10-13-16-19-22-24-26-28-30-32-33-35-37-40-43-46-49-52-58(61)64-55-56(54-63-57(60)51-48-45-42-39-21-18-15-12-9-6-3)65-59(62)53-50-47-44-41-38-36-34-31-29-27-25-23-20-17-14-11-8-5-2/h7,10,16,19,24,26-27,29-32,34-35,37,43,46,56H,4-6,8-9,11-15,17-18,20-23,25,28,33,36,38-42,44-45,47-55H2,1-3H3/b10-7-,19-16-,26-24-,29-27-,32-30-,34-31-,37-35-,46-43-. The Balaban J connectivity index is 4.49. The summed E-state index contributed by atoms with van der Waals surface area (Å²) in [6.45, 7) is 6.42. The fourth-order valence-electron chi connectivity index (χ4n) is 7.11. The molecule has 0 aromatic heterocycles. The highest BCUT2D eigenvalue weighted by atomic mass is 16.6. The van der Waals surface area contributed by atoms with E-state index in [9.17, 15) is 14.4 Å². The highest BCUT2D eigenvalue weighted by Crippen LogP contribution is 2.14. The average molecular weight is 903 g/mol. The second-order valence-corrected chi connectivity index (χ2v) is 17.4. The van der Waals surface area contributed by atoms with Crippen LogP contribution in [-0.2, 0) is 28.6 Å². The first-order valence-electron chi connectivity index (χ1n) is 26.8. The van der Waals surface area contributed by atoms with E-state index >= 15 is 0 Å². The molecule has 0 aromatic rings. The summed E-state index contributed by atoms with van der Waals surface area (Å²) in [5, 5.41) is 0. The molecule has 1 atom stereocenters. The topological polar surface area (TPSA) is 78.9 Å². The van der Waals surface area contributed by atoms with Gasteiger partial charge in [-0.1, -0.05) is 234 Å². The van der Waals surface area contributed by atoms with E-state index in [1.807, 2.05) is 6.08 Å². The first kappa shape index (κ1) is 61.3. The van der Waals surface area contributed by atoms with Crippen molar-refractivity contribution in [3.8, 4) is 0 Å². The molecule has 0 N–H and O–H groups in total. The predicted octanol–water partition coefficient (Wildman–Crippen LogP) is 17.8. The maximum absolute atomic E-state index is 12.8. The molecule has 1 unspecified atom stereocenters. The van der Waals surface area contributed by atoms with E-state index in [1.165, 1.54) is 96.3 Å². The molecule has 6 nitrogen and oxygen atoms in total. The number of ether oxygens (including phenoxy) is 3. The quantitative estimate of drug-likeness (QED) is 0.0199. The van der Waals surface area contributed by atoms with Gasteiger partial charge in [-0.2, -0.15) is 0 Å². The van der Waals surface area contributed by atoms with Crippen LogP contribution in [0.4, 0.5) is 0 Å². The third kappa shape index (κ3) is 51.2. The van der Waals surface area contributed by atoms with Crippen molar-refractivity contribution in [1.82, 2.24) is 0 Å². The summed E-state index contributed by atoms with van der Waals surface area (Å²) in [4.78, 5) is 37.9. The van der Waals surface area contributed by atoms with Gasteiger partial charge < -0.3 is 14.2 Å². The molecule has 0 saturated carbocycles. The molecule has 0 aromatic carbocycles. The Bertz CT molecular complexity index is 1310. The molecule has 0 rings (SSSR count). The number of allylic oxidation sites excluding steroid dienone is 16. The van der Waals surface area contributed by atoms with Crippen LogP contribution in [0.2, 0.25) is 0 Å². The Kier molecular flexibility index (Phi) is 50.0. The summed E-state index contributed by atoms with van der Waals surface area (Å²) >= 11 is 0. The van der Waals surface area contributed by atoms with E-state index in [0.29, 0.717) is 19.3 Å². The number of carbonyl (C=O) groups is 3. The van der Waals surface area contributed by atoms with E-state index in [-0.39, 0.29) is 37.5 Å². The average Bonchev–Trinajstić information content (AvgIpc) is 3.30. The maximum Gasteiger partial charge on any atom is 0.306 e. The minimum Gasteiger partial charge on any atom is -0.462 e. The van der Waals surface area contributed by atoms with Crippen LogP contribution in [0.15, 0.2) is 97.2 Å². The van der Waals surface area contributed by atoms with Gasteiger partial charge in [-0.05, 0) is 83.5 Å². The highest BCUT2D eigenvalue weighted by molar-refractivity contribution is 5.71. The molecule has 0 aliphatic heterocycles. The molecular weight excluding hydrogens is 805 g/mol. The minimum atomic E-state index is -0.814. The molecule has 0 amide bonds. The van der Waals surface area contributed by atoms with E-state index in [4.69, 9.17) is 14.2 Å². The Hall–Kier alpha value is -3.67. The molecule has 6 heteroatoms. The van der Waals surface area contributed by atoms with E-state index in [0.717, 1.165) is 96.3 Å². The van der Waals surface area contributed by atoms with Gasteiger partial charge in [0, 0.05) is 19.3 Å². The Morgan fingerprint density at radius 3 is 1.09 bits per heavy atom. The fraction of sp³-hybridized carbons (Fsp3) is 0.678. The number of rotatable bonds is 47. The molecular formula is C59H98O6. The van der Waals surface area contributed by atoms with Gasteiger partial charge in [0.25, 0.3) is 0 Å². The lowest BCUT2D eigenvalue weighted by molar-refractivity contribution is -0.166. The van der Waals surface area contributed by atoms with Crippen molar-refractivity contribution in [2.45, 2.75) is 245 Å². The molecule has 370 valence electrons. The second-order valence-electron chi connectivity index (χ2n) is 17.4. The largest absolute Gasteiger partial charge is 0.462 e. The Morgan fingerprint density at radius 1 is 0.338 bits per heavy atom. The fourth-order valence-corrected chi connectivity index (χ4v) is 7.11. The Morgan fingerprint density at radius 2 is 0.677 bits per heavy atom. The van der Waals surface area contributed by atoms with Crippen molar-refractivity contribution in [3.63, 3.8) is 0 Å². The van der Waals surface area contributed by atoms with Gasteiger partial charge in [0.2, 0.25) is 0 Å². The summed E-state index contributed by atoms with van der Waals surface area (Å²) in [6.07, 6.45) is 69.8. The lowest BCUT2D eigenvalue weighted by Crippen LogP contribution is -2.30. The van der Waals surface area contributed by atoms with Crippen LogP contribution in [0.5, 0.6) is 0 Å². The minimum absolute atomic E-state index is 0.107. The normalized spacial score (nSPS) is 12.8. The van der Waals surface area contributed by atoms with Crippen LogP contribution in [0.25, 0.3) is 0 Å². The number of unbranched alkanes of at least 4 members (excludes halogenated alkanes) is 21. The zero-order valence-electron chi connectivity index (χ0n) is 42.2. The number of hydrogen-bond donors (Lipinski definition) is 0. The van der Waals surface area contributed by atoms with Crippen LogP contribution in [0.3, 0.4) is 0 Å². The summed E-state index contributed by atoms with van der Waals surface area (Å²) in [6, 6.07) is 0. The van der Waals surface area contributed by atoms with Crippen LogP contribution >= 0.6 is 0 Å². The first-order valence-corrected chi connectivity index (χ1v) is 26.8. The van der Waals surface area contributed by atoms with Crippen LogP contribution in [0.1, 0.15) is 239 Å². The molecule has 0 heterocycles. The van der Waals surface area contributed by atoms with Crippen molar-refractivity contribution in [1.29, 1.82) is 0 Å². The van der Waals surface area contributed by atoms with E-state index in [1.54, 1.807) is 0 Å². The van der Waals surface area contributed by atoms with Gasteiger partial charge >= 0.3 is 17.9 Å². The van der Waals surface area contributed by atoms with Crippen molar-refractivity contribution >= 4 is 17.9 Å². The van der Waals surface area contributed by atoms with E-state index in [2.05, 4.69) is 112 Å². The zero-order chi connectivity index (χ0) is 47.2. The molecule has 0 radical (unpaired) electrons. The third-order valence-electron chi connectivity index (χ3n) is 11.1. The summed E-state index contributed by atoms with van der Waals surface area (Å²) in [7, 11) is 0. The van der Waals surface area contributed by atoms with Crippen molar-refractivity contribution in [2.75, 3.05) is 13.2 Å². The van der Waals surface area contributed by atoms with Gasteiger partial charge in [-0.3, -0.25) is 14.4 Å². The van der Waals surface area contributed by atoms with Crippen molar-refractivity contribution < 1.29 is 28.6 Å². The Labute approximate surface area is 400 Å². The zero-order valence-corrected chi connectivity index (χ0v) is 42.2. The third-order valence-corrected chi connectivity index (χ3v) is 11.1. The van der Waals surface area contributed by atoms with Gasteiger partial charge in [0.05, 0.1) is 0 Å².